The van der Waals surface area contributed by atoms with Crippen LogP contribution in [0.1, 0.15) is 38.2 Å². The minimum absolute atomic E-state index is 0.0609. The third-order valence-electron chi connectivity index (χ3n) is 3.61. The van der Waals surface area contributed by atoms with Gasteiger partial charge in [-0.3, -0.25) is 15.0 Å². The van der Waals surface area contributed by atoms with Gasteiger partial charge in [-0.25, -0.2) is 0 Å². The van der Waals surface area contributed by atoms with Gasteiger partial charge < -0.3 is 9.84 Å². The van der Waals surface area contributed by atoms with E-state index >= 15 is 0 Å². The number of non-ortho nitro benzene ring substituents is 1. The number of methoxy groups -OCH3 is 1. The molecule has 0 saturated carbocycles. The summed E-state index contributed by atoms with van der Waals surface area (Å²) in [7, 11) is 1.56. The largest absolute Gasteiger partial charge is 0.496 e. The lowest BCUT2D eigenvalue weighted by molar-refractivity contribution is -0.384. The maximum atomic E-state index is 10.9. The predicted octanol–water partition coefficient (Wildman–Crippen LogP) is 2.98. The summed E-state index contributed by atoms with van der Waals surface area (Å²) in [6, 6.07) is 4.62. The van der Waals surface area contributed by atoms with Crippen molar-refractivity contribution in [3.05, 3.63) is 33.9 Å². The van der Waals surface area contributed by atoms with Gasteiger partial charge in [-0.05, 0) is 19.0 Å². The minimum Gasteiger partial charge on any atom is -0.496 e. The summed E-state index contributed by atoms with van der Waals surface area (Å²) >= 11 is 0. The van der Waals surface area contributed by atoms with Crippen LogP contribution in [0.4, 0.5) is 5.69 Å². The zero-order valence-corrected chi connectivity index (χ0v) is 13.5. The number of aliphatic hydroxyl groups excluding tert-OH is 1. The molecule has 0 atom stereocenters. The lowest BCUT2D eigenvalue weighted by Crippen LogP contribution is -2.27. The lowest BCUT2D eigenvalue weighted by atomic mass is 10.1. The standard InChI is InChI=1S/C16H26N2O4/c1-3-4-5-6-9-17(10-11-19)13-14-12-15(18(20)21)7-8-16(14)22-2/h7-8,12,19H,3-6,9-11,13H2,1-2H3. The highest BCUT2D eigenvalue weighted by molar-refractivity contribution is 5.43. The molecule has 0 aromatic heterocycles. The van der Waals surface area contributed by atoms with Crippen molar-refractivity contribution in [2.75, 3.05) is 26.8 Å². The van der Waals surface area contributed by atoms with E-state index in [9.17, 15) is 15.2 Å². The number of benzene rings is 1. The number of ether oxygens (including phenoxy) is 1. The Hall–Kier alpha value is -1.66. The number of aliphatic hydroxyl groups is 1. The molecule has 1 rings (SSSR count). The Morgan fingerprint density at radius 1 is 1.27 bits per heavy atom. The van der Waals surface area contributed by atoms with Crippen LogP contribution in [-0.4, -0.2) is 41.7 Å². The van der Waals surface area contributed by atoms with Crippen LogP contribution in [-0.2, 0) is 6.54 Å². The van der Waals surface area contributed by atoms with Gasteiger partial charge in [0.25, 0.3) is 5.69 Å². The molecule has 0 aliphatic heterocycles. The molecule has 0 aliphatic carbocycles. The van der Waals surface area contributed by atoms with Crippen molar-refractivity contribution in [1.29, 1.82) is 0 Å². The molecule has 0 heterocycles. The lowest BCUT2D eigenvalue weighted by Gasteiger charge is -2.22. The normalized spacial score (nSPS) is 10.9. The zero-order chi connectivity index (χ0) is 16.4. The molecule has 6 nitrogen and oxygen atoms in total. The summed E-state index contributed by atoms with van der Waals surface area (Å²) in [5.41, 5.74) is 0.839. The van der Waals surface area contributed by atoms with Gasteiger partial charge in [-0.15, -0.1) is 0 Å². The predicted molar refractivity (Wildman–Crippen MR) is 86.2 cm³/mol. The quantitative estimate of drug-likeness (QED) is 0.386. The third kappa shape index (κ3) is 5.99. The minimum atomic E-state index is -0.402. The summed E-state index contributed by atoms with van der Waals surface area (Å²) in [5, 5.41) is 20.1. The second-order valence-electron chi connectivity index (χ2n) is 5.31. The van der Waals surface area contributed by atoms with Crippen LogP contribution in [0.5, 0.6) is 5.75 Å². The third-order valence-corrected chi connectivity index (χ3v) is 3.61. The van der Waals surface area contributed by atoms with E-state index < -0.39 is 4.92 Å². The Morgan fingerprint density at radius 2 is 2.05 bits per heavy atom. The molecule has 1 aromatic rings. The second kappa shape index (κ2) is 10.1. The van der Waals surface area contributed by atoms with E-state index in [2.05, 4.69) is 11.8 Å². The first-order chi connectivity index (χ1) is 10.6. The number of hydrogen-bond donors (Lipinski definition) is 1. The molecule has 1 aromatic carbocycles. The van der Waals surface area contributed by atoms with Crippen molar-refractivity contribution in [2.45, 2.75) is 39.2 Å². The number of hydrogen-bond acceptors (Lipinski definition) is 5. The molecule has 0 bridgehead atoms. The molecular weight excluding hydrogens is 284 g/mol. The van der Waals surface area contributed by atoms with Crippen LogP contribution in [0.2, 0.25) is 0 Å². The molecule has 0 amide bonds. The smallest absolute Gasteiger partial charge is 0.270 e. The van der Waals surface area contributed by atoms with Gasteiger partial charge in [-0.1, -0.05) is 26.2 Å². The first-order valence-electron chi connectivity index (χ1n) is 7.76. The molecule has 0 unspecified atom stereocenters. The molecule has 22 heavy (non-hydrogen) atoms. The van der Waals surface area contributed by atoms with Gasteiger partial charge in [-0.2, -0.15) is 0 Å². The van der Waals surface area contributed by atoms with Gasteiger partial charge in [0.1, 0.15) is 5.75 Å². The van der Waals surface area contributed by atoms with Crippen LogP contribution in [0, 0.1) is 10.1 Å². The Balaban J connectivity index is 2.77. The fourth-order valence-corrected chi connectivity index (χ4v) is 2.42. The molecule has 124 valence electrons. The second-order valence-corrected chi connectivity index (χ2v) is 5.31. The highest BCUT2D eigenvalue weighted by atomic mass is 16.6. The SMILES string of the molecule is CCCCCCN(CCO)Cc1cc([N+](=O)[O-])ccc1OC. The van der Waals surface area contributed by atoms with E-state index in [1.807, 2.05) is 0 Å². The van der Waals surface area contributed by atoms with Crippen molar-refractivity contribution >= 4 is 5.69 Å². The van der Waals surface area contributed by atoms with E-state index in [1.54, 1.807) is 19.2 Å². The molecular formula is C16H26N2O4. The summed E-state index contributed by atoms with van der Waals surface area (Å²) < 4.78 is 5.29. The van der Waals surface area contributed by atoms with Crippen LogP contribution in [0.15, 0.2) is 18.2 Å². The monoisotopic (exact) mass is 310 g/mol. The summed E-state index contributed by atoms with van der Waals surface area (Å²) in [6.45, 7) is 4.20. The topological polar surface area (TPSA) is 75.8 Å². The number of rotatable bonds is 11. The van der Waals surface area contributed by atoms with Crippen molar-refractivity contribution in [3.63, 3.8) is 0 Å². The molecule has 1 N–H and O–H groups in total. The Kier molecular flexibility index (Phi) is 8.47. The van der Waals surface area contributed by atoms with Crippen molar-refractivity contribution in [3.8, 4) is 5.75 Å². The molecule has 0 radical (unpaired) electrons. The molecule has 0 saturated heterocycles. The fraction of sp³-hybridized carbons (Fsp3) is 0.625. The maximum absolute atomic E-state index is 10.9. The molecule has 0 spiro atoms. The van der Waals surface area contributed by atoms with E-state index in [4.69, 9.17) is 4.74 Å². The Bertz CT molecular complexity index is 465. The van der Waals surface area contributed by atoms with Crippen LogP contribution < -0.4 is 4.74 Å². The maximum Gasteiger partial charge on any atom is 0.270 e. The van der Waals surface area contributed by atoms with Crippen LogP contribution in [0.3, 0.4) is 0 Å². The van der Waals surface area contributed by atoms with Gasteiger partial charge in [0.05, 0.1) is 18.6 Å². The summed E-state index contributed by atoms with van der Waals surface area (Å²) in [6.07, 6.45) is 4.60. The van der Waals surface area contributed by atoms with Crippen LogP contribution >= 0.6 is 0 Å². The van der Waals surface area contributed by atoms with E-state index in [0.717, 1.165) is 24.9 Å². The number of nitrogens with zero attached hydrogens (tertiary/aromatic N) is 2. The Labute approximate surface area is 131 Å². The van der Waals surface area contributed by atoms with Crippen molar-refractivity contribution < 1.29 is 14.8 Å². The molecule has 0 aliphatic rings. The van der Waals surface area contributed by atoms with Gasteiger partial charge >= 0.3 is 0 Å². The highest BCUT2D eigenvalue weighted by Gasteiger charge is 2.14. The Morgan fingerprint density at radius 3 is 2.64 bits per heavy atom. The zero-order valence-electron chi connectivity index (χ0n) is 13.5. The van der Waals surface area contributed by atoms with E-state index in [1.165, 1.54) is 18.9 Å². The number of unbranched alkanes of at least 4 members (excludes halogenated alkanes) is 3. The first kappa shape index (κ1) is 18.4. The average Bonchev–Trinajstić information content (AvgIpc) is 2.51. The van der Waals surface area contributed by atoms with Gasteiger partial charge in [0.15, 0.2) is 0 Å². The number of nitro groups is 1. The van der Waals surface area contributed by atoms with E-state index in [-0.39, 0.29) is 12.3 Å². The first-order valence-corrected chi connectivity index (χ1v) is 7.76. The van der Waals surface area contributed by atoms with Crippen molar-refractivity contribution in [2.24, 2.45) is 0 Å². The van der Waals surface area contributed by atoms with Crippen LogP contribution in [0.25, 0.3) is 0 Å². The van der Waals surface area contributed by atoms with E-state index in [0.29, 0.717) is 18.8 Å². The summed E-state index contributed by atoms with van der Waals surface area (Å²) in [5.74, 6) is 0.641. The van der Waals surface area contributed by atoms with Gasteiger partial charge in [0, 0.05) is 30.8 Å². The van der Waals surface area contributed by atoms with Gasteiger partial charge in [0.2, 0.25) is 0 Å². The molecule has 0 fully saturated rings. The fourth-order valence-electron chi connectivity index (χ4n) is 2.42. The van der Waals surface area contributed by atoms with Crippen molar-refractivity contribution in [1.82, 2.24) is 4.90 Å². The number of nitro benzene ring substituents is 1. The summed E-state index contributed by atoms with van der Waals surface area (Å²) in [4.78, 5) is 12.6. The molecule has 6 heteroatoms. The average molecular weight is 310 g/mol. The highest BCUT2D eigenvalue weighted by Crippen LogP contribution is 2.25.